The Labute approximate surface area is 158 Å². The third kappa shape index (κ3) is 3.95. The molecule has 3 heterocycles. The zero-order chi connectivity index (χ0) is 17.8. The van der Waals surface area contributed by atoms with E-state index in [2.05, 4.69) is 16.4 Å². The van der Waals surface area contributed by atoms with Gasteiger partial charge in [0, 0.05) is 24.4 Å². The lowest BCUT2D eigenvalue weighted by Crippen LogP contribution is -2.23. The lowest BCUT2D eigenvalue weighted by molar-refractivity contribution is -0.116. The molecule has 1 aliphatic rings. The van der Waals surface area contributed by atoms with Gasteiger partial charge in [0.2, 0.25) is 12.7 Å². The first-order valence-electron chi connectivity index (χ1n) is 8.12. The number of carbonyl (C=O) groups excluding carboxylic acids is 1. The molecule has 0 saturated heterocycles. The lowest BCUT2D eigenvalue weighted by atomic mass is 10.2. The molecule has 7 heteroatoms. The summed E-state index contributed by atoms with van der Waals surface area (Å²) in [5.74, 6) is 1.31. The number of nitrogens with one attached hydrogen (secondary N) is 1. The zero-order valence-electron chi connectivity index (χ0n) is 13.8. The van der Waals surface area contributed by atoms with E-state index in [-0.39, 0.29) is 12.7 Å². The fraction of sp³-hybridized carbons (Fsp3) is 0.158. The fourth-order valence-corrected chi connectivity index (χ4v) is 4.17. The standard InChI is InChI=1S/C19H16N2O3S2/c22-18(6-4-13-3-5-15-16(10-13)24-12-23-15)20-8-7-14-11-26-19(21-14)17-2-1-9-25-17/h1-6,9-11H,7-8,12H2,(H,20,22). The van der Waals surface area contributed by atoms with Crippen LogP contribution in [0.25, 0.3) is 16.0 Å². The molecule has 0 unspecified atom stereocenters. The molecule has 0 fully saturated rings. The van der Waals surface area contributed by atoms with Crippen LogP contribution in [-0.4, -0.2) is 24.2 Å². The summed E-state index contributed by atoms with van der Waals surface area (Å²) in [7, 11) is 0. The van der Waals surface area contributed by atoms with E-state index >= 15 is 0 Å². The van der Waals surface area contributed by atoms with E-state index in [4.69, 9.17) is 9.47 Å². The molecule has 26 heavy (non-hydrogen) atoms. The van der Waals surface area contributed by atoms with Crippen molar-refractivity contribution in [2.24, 2.45) is 0 Å². The highest BCUT2D eigenvalue weighted by atomic mass is 32.1. The Morgan fingerprint density at radius 3 is 3.04 bits per heavy atom. The van der Waals surface area contributed by atoms with Gasteiger partial charge < -0.3 is 14.8 Å². The van der Waals surface area contributed by atoms with Gasteiger partial charge in [-0.05, 0) is 35.2 Å². The van der Waals surface area contributed by atoms with Crippen molar-refractivity contribution in [3.8, 4) is 21.4 Å². The molecule has 5 nitrogen and oxygen atoms in total. The number of fused-ring (bicyclic) bond motifs is 1. The Hall–Kier alpha value is -2.64. The van der Waals surface area contributed by atoms with Gasteiger partial charge in [-0.3, -0.25) is 4.79 Å². The number of amides is 1. The number of carbonyl (C=O) groups is 1. The molecular weight excluding hydrogens is 368 g/mol. The minimum absolute atomic E-state index is 0.128. The Balaban J connectivity index is 1.26. The van der Waals surface area contributed by atoms with E-state index < -0.39 is 0 Å². The van der Waals surface area contributed by atoms with E-state index in [1.807, 2.05) is 35.0 Å². The SMILES string of the molecule is O=C(C=Cc1ccc2c(c1)OCO2)NCCc1csc(-c2cccs2)n1. The Morgan fingerprint density at radius 1 is 1.23 bits per heavy atom. The maximum atomic E-state index is 12.0. The Morgan fingerprint density at radius 2 is 2.15 bits per heavy atom. The van der Waals surface area contributed by atoms with Crippen LogP contribution in [-0.2, 0) is 11.2 Å². The van der Waals surface area contributed by atoms with Crippen LogP contribution in [0.5, 0.6) is 11.5 Å². The van der Waals surface area contributed by atoms with Crippen LogP contribution >= 0.6 is 22.7 Å². The lowest BCUT2D eigenvalue weighted by Gasteiger charge is -2.00. The summed E-state index contributed by atoms with van der Waals surface area (Å²) < 4.78 is 10.6. The molecule has 1 aromatic carbocycles. The Bertz CT molecular complexity index is 932. The molecule has 1 N–H and O–H groups in total. The summed E-state index contributed by atoms with van der Waals surface area (Å²) in [5.41, 5.74) is 1.89. The minimum Gasteiger partial charge on any atom is -0.454 e. The highest BCUT2D eigenvalue weighted by Gasteiger charge is 2.12. The molecule has 0 bridgehead atoms. The number of hydrogen-bond donors (Lipinski definition) is 1. The van der Waals surface area contributed by atoms with Gasteiger partial charge in [-0.2, -0.15) is 0 Å². The van der Waals surface area contributed by atoms with Crippen molar-refractivity contribution in [2.75, 3.05) is 13.3 Å². The van der Waals surface area contributed by atoms with Crippen LogP contribution in [0.15, 0.2) is 47.2 Å². The molecule has 0 atom stereocenters. The summed E-state index contributed by atoms with van der Waals surface area (Å²) in [6, 6.07) is 9.67. The van der Waals surface area contributed by atoms with E-state index in [9.17, 15) is 4.79 Å². The van der Waals surface area contributed by atoms with Crippen molar-refractivity contribution < 1.29 is 14.3 Å². The average Bonchev–Trinajstić information content (AvgIpc) is 3.39. The molecule has 0 aliphatic carbocycles. The van der Waals surface area contributed by atoms with Gasteiger partial charge in [-0.25, -0.2) is 4.98 Å². The van der Waals surface area contributed by atoms with Crippen LogP contribution in [0, 0.1) is 0 Å². The third-order valence-electron chi connectivity index (χ3n) is 3.79. The molecular formula is C19H16N2O3S2. The quantitative estimate of drug-likeness (QED) is 0.653. The number of ether oxygens (including phenoxy) is 2. The second-order valence-electron chi connectivity index (χ2n) is 5.61. The van der Waals surface area contributed by atoms with E-state index in [0.29, 0.717) is 18.7 Å². The van der Waals surface area contributed by atoms with Crippen LogP contribution in [0.4, 0.5) is 0 Å². The first-order chi connectivity index (χ1) is 12.8. The number of thiophene rings is 1. The Kier molecular flexibility index (Phi) is 4.99. The average molecular weight is 384 g/mol. The summed E-state index contributed by atoms with van der Waals surface area (Å²) in [6.45, 7) is 0.797. The molecule has 0 spiro atoms. The predicted octanol–water partition coefficient (Wildman–Crippen LogP) is 3.97. The number of thiazole rings is 1. The van der Waals surface area contributed by atoms with Gasteiger partial charge >= 0.3 is 0 Å². The molecule has 4 rings (SSSR count). The van der Waals surface area contributed by atoms with E-state index in [1.54, 1.807) is 28.7 Å². The number of hydrogen-bond acceptors (Lipinski definition) is 6. The molecule has 132 valence electrons. The summed E-state index contributed by atoms with van der Waals surface area (Å²) >= 11 is 3.32. The first-order valence-corrected chi connectivity index (χ1v) is 9.88. The van der Waals surface area contributed by atoms with E-state index in [1.165, 1.54) is 11.0 Å². The highest BCUT2D eigenvalue weighted by Crippen LogP contribution is 2.32. The van der Waals surface area contributed by atoms with Crippen LogP contribution < -0.4 is 14.8 Å². The van der Waals surface area contributed by atoms with Crippen LogP contribution in [0.1, 0.15) is 11.3 Å². The van der Waals surface area contributed by atoms with Crippen LogP contribution in [0.2, 0.25) is 0 Å². The molecule has 3 aromatic rings. The first kappa shape index (κ1) is 16.8. The topological polar surface area (TPSA) is 60.5 Å². The maximum Gasteiger partial charge on any atom is 0.244 e. The van der Waals surface area contributed by atoms with Crippen molar-refractivity contribution in [1.29, 1.82) is 0 Å². The molecule has 0 saturated carbocycles. The van der Waals surface area contributed by atoms with Gasteiger partial charge in [0.25, 0.3) is 0 Å². The van der Waals surface area contributed by atoms with Gasteiger partial charge in [0.1, 0.15) is 5.01 Å². The number of aromatic nitrogens is 1. The van der Waals surface area contributed by atoms with E-state index in [0.717, 1.165) is 22.0 Å². The van der Waals surface area contributed by atoms with Gasteiger partial charge in [-0.1, -0.05) is 12.1 Å². The van der Waals surface area contributed by atoms with Crippen LogP contribution in [0.3, 0.4) is 0 Å². The maximum absolute atomic E-state index is 12.0. The van der Waals surface area contributed by atoms with Crippen molar-refractivity contribution in [3.63, 3.8) is 0 Å². The summed E-state index contributed by atoms with van der Waals surface area (Å²) in [6.07, 6.45) is 4.00. The van der Waals surface area contributed by atoms with Crippen molar-refractivity contribution in [1.82, 2.24) is 10.3 Å². The van der Waals surface area contributed by atoms with Gasteiger partial charge in [0.05, 0.1) is 10.6 Å². The predicted molar refractivity (Wildman–Crippen MR) is 104 cm³/mol. The normalized spacial score (nSPS) is 12.6. The highest BCUT2D eigenvalue weighted by molar-refractivity contribution is 7.20. The smallest absolute Gasteiger partial charge is 0.244 e. The number of rotatable bonds is 6. The molecule has 1 aliphatic heterocycles. The molecule has 0 radical (unpaired) electrons. The summed E-state index contributed by atoms with van der Waals surface area (Å²) in [5, 5.41) is 8.00. The van der Waals surface area contributed by atoms with Crippen molar-refractivity contribution in [2.45, 2.75) is 6.42 Å². The zero-order valence-corrected chi connectivity index (χ0v) is 15.4. The van der Waals surface area contributed by atoms with Crippen molar-refractivity contribution in [3.05, 3.63) is 58.4 Å². The number of benzene rings is 1. The molecule has 2 aromatic heterocycles. The largest absolute Gasteiger partial charge is 0.454 e. The second kappa shape index (κ2) is 7.72. The second-order valence-corrected chi connectivity index (χ2v) is 7.41. The summed E-state index contributed by atoms with van der Waals surface area (Å²) in [4.78, 5) is 17.8. The van der Waals surface area contributed by atoms with Gasteiger partial charge in [0.15, 0.2) is 11.5 Å². The monoisotopic (exact) mass is 384 g/mol. The minimum atomic E-state index is -0.128. The van der Waals surface area contributed by atoms with Crippen molar-refractivity contribution >= 4 is 34.7 Å². The fourth-order valence-electron chi connectivity index (χ4n) is 2.50. The number of nitrogens with zero attached hydrogens (tertiary/aromatic N) is 1. The van der Waals surface area contributed by atoms with Gasteiger partial charge in [-0.15, -0.1) is 22.7 Å². The third-order valence-corrected chi connectivity index (χ3v) is 5.72. The molecule has 1 amide bonds.